The molecule has 0 bridgehead atoms. The molecule has 0 aliphatic heterocycles. The van der Waals surface area contributed by atoms with Gasteiger partial charge in [-0.3, -0.25) is 0 Å². The number of rotatable bonds is 5. The standard InChI is InChI=1S/C48H34N4/c1-30-26-36(48-50-46(32-14-5-3-6-15-32)49-47(51-48)33-16-7-4-8-17-33)27-31(2)45(30)52-43-23-12-11-20-40(43)42-29-35(24-25-44(42)52)38-21-13-22-39-37-19-10-9-18-34(37)28-41(38)39/h3-27,29H,28H2,1-2H3. The van der Waals surface area contributed by atoms with Crippen LogP contribution in [0.5, 0.6) is 0 Å². The minimum atomic E-state index is 0.662. The summed E-state index contributed by atoms with van der Waals surface area (Å²) in [7, 11) is 0. The predicted octanol–water partition coefficient (Wildman–Crippen LogP) is 11.8. The van der Waals surface area contributed by atoms with Crippen molar-refractivity contribution < 1.29 is 0 Å². The largest absolute Gasteiger partial charge is 0.309 e. The van der Waals surface area contributed by atoms with E-state index in [9.17, 15) is 0 Å². The molecule has 2 heterocycles. The molecule has 4 heteroatoms. The first-order valence-electron chi connectivity index (χ1n) is 17.8. The maximum Gasteiger partial charge on any atom is 0.164 e. The van der Waals surface area contributed by atoms with Crippen LogP contribution in [-0.4, -0.2) is 19.5 Å². The fraction of sp³-hybridized carbons (Fsp3) is 0.0625. The summed E-state index contributed by atoms with van der Waals surface area (Å²) < 4.78 is 2.44. The number of nitrogens with zero attached hydrogens (tertiary/aromatic N) is 4. The Labute approximate surface area is 302 Å². The van der Waals surface area contributed by atoms with Gasteiger partial charge in [0.2, 0.25) is 0 Å². The van der Waals surface area contributed by atoms with Crippen LogP contribution in [0.15, 0.2) is 158 Å². The molecule has 9 aromatic rings. The molecule has 0 radical (unpaired) electrons. The van der Waals surface area contributed by atoms with Crippen molar-refractivity contribution in [3.8, 4) is 62.1 Å². The second-order valence-electron chi connectivity index (χ2n) is 13.7. The van der Waals surface area contributed by atoms with Crippen LogP contribution in [0.4, 0.5) is 0 Å². The first-order valence-corrected chi connectivity index (χ1v) is 17.8. The minimum absolute atomic E-state index is 0.662. The van der Waals surface area contributed by atoms with Crippen molar-refractivity contribution in [2.75, 3.05) is 0 Å². The predicted molar refractivity (Wildman–Crippen MR) is 214 cm³/mol. The van der Waals surface area contributed by atoms with E-state index in [0.29, 0.717) is 17.5 Å². The molecule has 0 spiro atoms. The lowest BCUT2D eigenvalue weighted by molar-refractivity contribution is 1.07. The van der Waals surface area contributed by atoms with E-state index < -0.39 is 0 Å². The highest BCUT2D eigenvalue weighted by molar-refractivity contribution is 6.11. The SMILES string of the molecule is Cc1cc(-c2nc(-c3ccccc3)nc(-c3ccccc3)n2)cc(C)c1-n1c2ccccc2c2cc(-c3cccc4c3Cc3ccccc3-4)ccc21. The Morgan fingerprint density at radius 3 is 1.69 bits per heavy atom. The quantitative estimate of drug-likeness (QED) is 0.184. The molecule has 0 saturated heterocycles. The van der Waals surface area contributed by atoms with Crippen LogP contribution in [0, 0.1) is 13.8 Å². The second-order valence-corrected chi connectivity index (χ2v) is 13.7. The number of benzene rings is 7. The van der Waals surface area contributed by atoms with Crippen molar-refractivity contribution in [2.24, 2.45) is 0 Å². The third-order valence-electron chi connectivity index (χ3n) is 10.5. The fourth-order valence-corrected chi connectivity index (χ4v) is 8.18. The van der Waals surface area contributed by atoms with Gasteiger partial charge in [-0.2, -0.15) is 0 Å². The average molecular weight is 667 g/mol. The zero-order valence-electron chi connectivity index (χ0n) is 29.0. The zero-order chi connectivity index (χ0) is 34.8. The Bertz CT molecular complexity index is 2750. The van der Waals surface area contributed by atoms with Gasteiger partial charge in [0.25, 0.3) is 0 Å². The molecular weight excluding hydrogens is 633 g/mol. The maximum absolute atomic E-state index is 5.02. The lowest BCUT2D eigenvalue weighted by Crippen LogP contribution is -2.03. The van der Waals surface area contributed by atoms with Crippen molar-refractivity contribution >= 4 is 21.8 Å². The van der Waals surface area contributed by atoms with E-state index in [1.54, 1.807) is 0 Å². The van der Waals surface area contributed by atoms with E-state index in [2.05, 4.69) is 115 Å². The third kappa shape index (κ3) is 4.87. The molecular formula is C48H34N4. The van der Waals surface area contributed by atoms with Gasteiger partial charge in [0.05, 0.1) is 16.7 Å². The van der Waals surface area contributed by atoms with Crippen LogP contribution in [-0.2, 0) is 6.42 Å². The van der Waals surface area contributed by atoms with Crippen LogP contribution in [0.25, 0.3) is 83.9 Å². The number of hydrogen-bond acceptors (Lipinski definition) is 3. The molecule has 1 aliphatic carbocycles. The lowest BCUT2D eigenvalue weighted by Gasteiger charge is -2.17. The first-order chi connectivity index (χ1) is 25.6. The molecule has 0 N–H and O–H groups in total. The second kappa shape index (κ2) is 12.0. The van der Waals surface area contributed by atoms with Gasteiger partial charge in [0, 0.05) is 27.5 Å². The van der Waals surface area contributed by atoms with Crippen molar-refractivity contribution in [1.29, 1.82) is 0 Å². The van der Waals surface area contributed by atoms with Gasteiger partial charge < -0.3 is 4.57 Å². The van der Waals surface area contributed by atoms with E-state index >= 15 is 0 Å². The van der Waals surface area contributed by atoms with Gasteiger partial charge in [-0.15, -0.1) is 0 Å². The van der Waals surface area contributed by atoms with E-state index in [0.717, 1.165) is 34.2 Å². The first kappa shape index (κ1) is 30.2. The molecule has 246 valence electrons. The van der Waals surface area contributed by atoms with E-state index in [1.165, 1.54) is 60.9 Å². The molecule has 7 aromatic carbocycles. The average Bonchev–Trinajstić information content (AvgIpc) is 3.74. The Hall–Kier alpha value is -6.65. The van der Waals surface area contributed by atoms with Crippen LogP contribution < -0.4 is 0 Å². The Kier molecular flexibility index (Phi) is 6.97. The van der Waals surface area contributed by atoms with Crippen LogP contribution in [0.1, 0.15) is 22.3 Å². The Balaban J connectivity index is 1.12. The van der Waals surface area contributed by atoms with Crippen LogP contribution in [0.3, 0.4) is 0 Å². The summed E-state index contributed by atoms with van der Waals surface area (Å²) >= 11 is 0. The fourth-order valence-electron chi connectivity index (χ4n) is 8.18. The minimum Gasteiger partial charge on any atom is -0.309 e. The van der Waals surface area contributed by atoms with Gasteiger partial charge in [-0.05, 0) is 95.1 Å². The van der Waals surface area contributed by atoms with Crippen molar-refractivity contribution in [1.82, 2.24) is 19.5 Å². The highest BCUT2D eigenvalue weighted by atomic mass is 15.0. The number of fused-ring (bicyclic) bond motifs is 6. The van der Waals surface area contributed by atoms with E-state index in [-0.39, 0.29) is 0 Å². The summed E-state index contributed by atoms with van der Waals surface area (Å²) in [4.78, 5) is 14.9. The van der Waals surface area contributed by atoms with Gasteiger partial charge in [-0.25, -0.2) is 15.0 Å². The molecule has 0 atom stereocenters. The monoisotopic (exact) mass is 666 g/mol. The summed E-state index contributed by atoms with van der Waals surface area (Å²) in [5.41, 5.74) is 16.9. The molecule has 0 saturated carbocycles. The van der Waals surface area contributed by atoms with Crippen LogP contribution >= 0.6 is 0 Å². The van der Waals surface area contributed by atoms with Crippen molar-refractivity contribution in [3.63, 3.8) is 0 Å². The number of para-hydroxylation sites is 1. The highest BCUT2D eigenvalue weighted by Crippen LogP contribution is 2.43. The lowest BCUT2D eigenvalue weighted by atomic mass is 9.94. The number of aromatic nitrogens is 4. The molecule has 10 rings (SSSR count). The topological polar surface area (TPSA) is 43.6 Å². The summed E-state index contributed by atoms with van der Waals surface area (Å²) in [5.74, 6) is 1.99. The molecule has 4 nitrogen and oxygen atoms in total. The van der Waals surface area contributed by atoms with E-state index in [4.69, 9.17) is 15.0 Å². The smallest absolute Gasteiger partial charge is 0.164 e. The molecule has 52 heavy (non-hydrogen) atoms. The van der Waals surface area contributed by atoms with Gasteiger partial charge >= 0.3 is 0 Å². The van der Waals surface area contributed by atoms with Crippen molar-refractivity contribution in [2.45, 2.75) is 20.3 Å². The Morgan fingerprint density at radius 1 is 0.423 bits per heavy atom. The molecule has 2 aromatic heterocycles. The van der Waals surface area contributed by atoms with Gasteiger partial charge in [0.1, 0.15) is 0 Å². The van der Waals surface area contributed by atoms with Gasteiger partial charge in [0.15, 0.2) is 17.5 Å². The summed E-state index contributed by atoms with van der Waals surface area (Å²) in [6.45, 7) is 4.40. The van der Waals surface area contributed by atoms with Gasteiger partial charge in [-0.1, -0.05) is 127 Å². The molecule has 1 aliphatic rings. The normalized spacial score (nSPS) is 12.0. The summed E-state index contributed by atoms with van der Waals surface area (Å²) in [5, 5.41) is 2.50. The van der Waals surface area contributed by atoms with E-state index in [1.807, 2.05) is 60.7 Å². The molecule has 0 amide bonds. The summed E-state index contributed by atoms with van der Waals surface area (Å²) in [6, 6.07) is 56.1. The molecule has 0 unspecified atom stereocenters. The highest BCUT2D eigenvalue weighted by Gasteiger charge is 2.23. The number of hydrogen-bond donors (Lipinski definition) is 0. The molecule has 0 fully saturated rings. The maximum atomic E-state index is 5.02. The van der Waals surface area contributed by atoms with Crippen LogP contribution in [0.2, 0.25) is 0 Å². The number of aryl methyl sites for hydroxylation is 2. The van der Waals surface area contributed by atoms with Crippen molar-refractivity contribution in [3.05, 3.63) is 180 Å². The zero-order valence-corrected chi connectivity index (χ0v) is 29.0. The summed E-state index contributed by atoms with van der Waals surface area (Å²) in [6.07, 6.45) is 0.965. The third-order valence-corrected chi connectivity index (χ3v) is 10.5. The Morgan fingerprint density at radius 2 is 0.981 bits per heavy atom.